The van der Waals surface area contributed by atoms with E-state index in [9.17, 15) is 4.79 Å². The Morgan fingerprint density at radius 1 is 1.21 bits per heavy atom. The molecule has 0 bridgehead atoms. The minimum absolute atomic E-state index is 0.162. The number of carbonyl (C=O) groups is 1. The maximum atomic E-state index is 12.7. The molecule has 1 amide bonds. The number of anilines is 1. The third kappa shape index (κ3) is 3.66. The summed E-state index contributed by atoms with van der Waals surface area (Å²) in [7, 11) is 4.04. The summed E-state index contributed by atoms with van der Waals surface area (Å²) in [6.07, 6.45) is 1.87. The zero-order valence-corrected chi connectivity index (χ0v) is 15.2. The van der Waals surface area contributed by atoms with Gasteiger partial charge < -0.3 is 10.2 Å². The number of nitrogens with one attached hydrogen (secondary N) is 1. The molecule has 0 saturated carbocycles. The smallest absolute Gasteiger partial charge is 0.257 e. The fourth-order valence-electron chi connectivity index (χ4n) is 2.52. The number of hydrogen-bond acceptors (Lipinski definition) is 3. The van der Waals surface area contributed by atoms with Crippen molar-refractivity contribution in [1.82, 2.24) is 14.7 Å². The molecule has 3 aromatic rings. The van der Waals surface area contributed by atoms with Gasteiger partial charge in [-0.15, -0.1) is 0 Å². The van der Waals surface area contributed by atoms with Crippen LogP contribution in [0, 0.1) is 0 Å². The minimum atomic E-state index is -0.162. The molecule has 124 valence electrons. The number of nitrogens with zero attached hydrogens (tertiary/aromatic N) is 3. The van der Waals surface area contributed by atoms with E-state index >= 15 is 0 Å². The summed E-state index contributed by atoms with van der Waals surface area (Å²) in [5.41, 5.74) is 0.628. The van der Waals surface area contributed by atoms with E-state index < -0.39 is 0 Å². The molecule has 5 nitrogen and oxygen atoms in total. The lowest BCUT2D eigenvalue weighted by Crippen LogP contribution is -2.19. The quantitative estimate of drug-likeness (QED) is 0.728. The number of halogens is 1. The van der Waals surface area contributed by atoms with Gasteiger partial charge in [0.25, 0.3) is 5.91 Å². The van der Waals surface area contributed by atoms with Crippen LogP contribution in [0.25, 0.3) is 10.8 Å². The highest BCUT2D eigenvalue weighted by molar-refractivity contribution is 9.10. The van der Waals surface area contributed by atoms with Gasteiger partial charge >= 0.3 is 0 Å². The maximum Gasteiger partial charge on any atom is 0.257 e. The third-order valence-electron chi connectivity index (χ3n) is 3.76. The van der Waals surface area contributed by atoms with E-state index in [4.69, 9.17) is 0 Å². The number of likely N-dealkylation sites (N-methyl/N-ethyl adjacent to an activating group) is 1. The van der Waals surface area contributed by atoms with Crippen molar-refractivity contribution < 1.29 is 4.79 Å². The average Bonchev–Trinajstić information content (AvgIpc) is 3.00. The van der Waals surface area contributed by atoms with E-state index in [2.05, 4.69) is 31.2 Å². The topological polar surface area (TPSA) is 50.2 Å². The minimum Gasteiger partial charge on any atom is -0.308 e. The van der Waals surface area contributed by atoms with Crippen LogP contribution in [0.2, 0.25) is 0 Å². The Labute approximate surface area is 149 Å². The normalized spacial score (nSPS) is 11.2. The number of amides is 1. The highest BCUT2D eigenvalue weighted by Gasteiger charge is 2.13. The predicted octanol–water partition coefficient (Wildman–Crippen LogP) is 3.61. The molecular weight excluding hydrogens is 368 g/mol. The average molecular weight is 387 g/mol. The Bertz CT molecular complexity index is 867. The van der Waals surface area contributed by atoms with Gasteiger partial charge in [0.2, 0.25) is 0 Å². The Morgan fingerprint density at radius 3 is 2.71 bits per heavy atom. The summed E-state index contributed by atoms with van der Waals surface area (Å²) >= 11 is 3.54. The van der Waals surface area contributed by atoms with Crippen LogP contribution in [-0.4, -0.2) is 41.2 Å². The third-order valence-corrected chi connectivity index (χ3v) is 4.42. The van der Waals surface area contributed by atoms with Crippen molar-refractivity contribution in [2.45, 2.75) is 6.54 Å². The van der Waals surface area contributed by atoms with Gasteiger partial charge in [0.05, 0.1) is 6.54 Å². The Hall–Kier alpha value is -2.18. The lowest BCUT2D eigenvalue weighted by atomic mass is 10.0. The second-order valence-corrected chi connectivity index (χ2v) is 6.72. The van der Waals surface area contributed by atoms with Gasteiger partial charge in [-0.25, -0.2) is 0 Å². The largest absolute Gasteiger partial charge is 0.308 e. The van der Waals surface area contributed by atoms with E-state index in [0.29, 0.717) is 11.4 Å². The van der Waals surface area contributed by atoms with Gasteiger partial charge in [-0.3, -0.25) is 9.48 Å². The van der Waals surface area contributed by atoms with E-state index in [-0.39, 0.29) is 5.91 Å². The van der Waals surface area contributed by atoms with Crippen LogP contribution in [0.1, 0.15) is 10.4 Å². The van der Waals surface area contributed by atoms with Crippen molar-refractivity contribution in [1.29, 1.82) is 0 Å². The maximum absolute atomic E-state index is 12.7. The first kappa shape index (κ1) is 16.7. The van der Waals surface area contributed by atoms with Crippen LogP contribution < -0.4 is 5.32 Å². The monoisotopic (exact) mass is 386 g/mol. The van der Waals surface area contributed by atoms with E-state index in [1.165, 1.54) is 0 Å². The number of aromatic nitrogens is 2. The molecule has 0 radical (unpaired) electrons. The molecule has 1 heterocycles. The van der Waals surface area contributed by atoms with Gasteiger partial charge in [-0.05, 0) is 31.6 Å². The van der Waals surface area contributed by atoms with Crippen molar-refractivity contribution in [3.8, 4) is 0 Å². The number of benzene rings is 2. The number of rotatable bonds is 5. The van der Waals surface area contributed by atoms with Crippen LogP contribution in [0.3, 0.4) is 0 Å². The van der Waals surface area contributed by atoms with Gasteiger partial charge in [0.1, 0.15) is 0 Å². The van der Waals surface area contributed by atoms with E-state index in [1.807, 2.05) is 67.4 Å². The lowest BCUT2D eigenvalue weighted by molar-refractivity contribution is 0.102. The van der Waals surface area contributed by atoms with Crippen LogP contribution >= 0.6 is 15.9 Å². The highest BCUT2D eigenvalue weighted by Crippen LogP contribution is 2.27. The summed E-state index contributed by atoms with van der Waals surface area (Å²) in [5.74, 6) is 0.396. The van der Waals surface area contributed by atoms with Crippen LogP contribution in [-0.2, 0) is 6.54 Å². The van der Waals surface area contributed by atoms with Crippen molar-refractivity contribution in [2.75, 3.05) is 26.0 Å². The fourth-order valence-corrected chi connectivity index (χ4v) is 3.12. The standard InChI is InChI=1S/C18H19BrN4O/c1-22(2)11-12-23-10-9-16(21-23)20-18(24)14-7-3-5-13-6-4-8-15(19)17(13)14/h3-10H,11-12H2,1-2H3,(H,20,21,24). The zero-order chi connectivity index (χ0) is 17.1. The first-order chi connectivity index (χ1) is 11.5. The molecule has 0 aliphatic carbocycles. The molecule has 0 unspecified atom stereocenters. The molecule has 2 aromatic carbocycles. The molecule has 24 heavy (non-hydrogen) atoms. The van der Waals surface area contributed by atoms with Gasteiger partial charge in [-0.1, -0.05) is 40.2 Å². The summed E-state index contributed by atoms with van der Waals surface area (Å²) in [6.45, 7) is 1.67. The summed E-state index contributed by atoms with van der Waals surface area (Å²) in [6, 6.07) is 13.4. The molecule has 1 aromatic heterocycles. The first-order valence-corrected chi connectivity index (χ1v) is 8.50. The van der Waals surface area contributed by atoms with Crippen molar-refractivity contribution >= 4 is 38.4 Å². The summed E-state index contributed by atoms with van der Waals surface area (Å²) in [4.78, 5) is 14.8. The first-order valence-electron chi connectivity index (χ1n) is 7.71. The van der Waals surface area contributed by atoms with Crippen molar-refractivity contribution in [3.63, 3.8) is 0 Å². The fraction of sp³-hybridized carbons (Fsp3) is 0.222. The van der Waals surface area contributed by atoms with Crippen LogP contribution in [0.15, 0.2) is 53.1 Å². The Morgan fingerprint density at radius 2 is 1.96 bits per heavy atom. The molecule has 1 N–H and O–H groups in total. The molecule has 0 fully saturated rings. The molecule has 3 rings (SSSR count). The highest BCUT2D eigenvalue weighted by atomic mass is 79.9. The number of hydrogen-bond donors (Lipinski definition) is 1. The molecule has 6 heteroatoms. The summed E-state index contributed by atoms with van der Waals surface area (Å²) < 4.78 is 2.73. The molecule has 0 aliphatic heterocycles. The number of carbonyl (C=O) groups excluding carboxylic acids is 1. The van der Waals surface area contributed by atoms with E-state index in [0.717, 1.165) is 28.3 Å². The van der Waals surface area contributed by atoms with Gasteiger partial charge in [0, 0.05) is 34.2 Å². The lowest BCUT2D eigenvalue weighted by Gasteiger charge is -2.09. The zero-order valence-electron chi connectivity index (χ0n) is 13.7. The molecule has 0 spiro atoms. The van der Waals surface area contributed by atoms with Crippen molar-refractivity contribution in [2.24, 2.45) is 0 Å². The Kier molecular flexibility index (Phi) is 4.97. The van der Waals surface area contributed by atoms with Crippen molar-refractivity contribution in [3.05, 3.63) is 58.7 Å². The molecular formula is C18H19BrN4O. The molecule has 0 saturated heterocycles. The second kappa shape index (κ2) is 7.15. The predicted molar refractivity (Wildman–Crippen MR) is 100 cm³/mol. The van der Waals surface area contributed by atoms with E-state index in [1.54, 1.807) is 0 Å². The van der Waals surface area contributed by atoms with Gasteiger partial charge in [-0.2, -0.15) is 5.10 Å². The van der Waals surface area contributed by atoms with Crippen LogP contribution in [0.4, 0.5) is 5.82 Å². The SMILES string of the molecule is CN(C)CCn1ccc(NC(=O)c2cccc3cccc(Br)c23)n1. The van der Waals surface area contributed by atoms with Gasteiger partial charge in [0.15, 0.2) is 5.82 Å². The number of fused-ring (bicyclic) bond motifs is 1. The molecule has 0 aliphatic rings. The second-order valence-electron chi connectivity index (χ2n) is 5.86. The Balaban J connectivity index is 1.81. The summed E-state index contributed by atoms with van der Waals surface area (Å²) in [5, 5.41) is 9.21. The van der Waals surface area contributed by atoms with Crippen LogP contribution in [0.5, 0.6) is 0 Å². The molecule has 0 atom stereocenters.